The van der Waals surface area contributed by atoms with Crippen molar-refractivity contribution in [2.24, 2.45) is 5.73 Å². The molecule has 0 fully saturated rings. The van der Waals surface area contributed by atoms with Crippen LogP contribution in [0.15, 0.2) is 24.3 Å². The molecule has 3 N–H and O–H groups in total. The Morgan fingerprint density at radius 1 is 1.53 bits per heavy atom. The quantitative estimate of drug-likeness (QED) is 0.813. The van der Waals surface area contributed by atoms with Crippen molar-refractivity contribution in [2.45, 2.75) is 12.5 Å². The van der Waals surface area contributed by atoms with Gasteiger partial charge in [0, 0.05) is 6.42 Å². The lowest BCUT2D eigenvalue weighted by atomic mass is 10.1. The molecule has 15 heavy (non-hydrogen) atoms. The Morgan fingerprint density at radius 3 is 2.67 bits per heavy atom. The normalized spacial score (nSPS) is 11.3. The number of aliphatic carboxylic acids is 1. The minimum Gasteiger partial charge on any atom is -0.496 e. The van der Waals surface area contributed by atoms with Crippen molar-refractivity contribution in [3.63, 3.8) is 0 Å². The molecule has 0 spiro atoms. The predicted octanol–water partition coefficient (Wildman–Crippen LogP) is 1.07. The molecular weight excluding hydrogens is 218 g/mol. The van der Waals surface area contributed by atoms with E-state index in [1.54, 1.807) is 13.2 Å². The van der Waals surface area contributed by atoms with Crippen LogP contribution in [0.1, 0.15) is 5.56 Å². The molecule has 0 aliphatic carbocycles. The van der Waals surface area contributed by atoms with Crippen LogP contribution in [0.2, 0.25) is 0 Å². The van der Waals surface area contributed by atoms with Crippen LogP contribution in [0.4, 0.5) is 0 Å². The molecule has 0 amide bonds. The van der Waals surface area contributed by atoms with E-state index in [1.807, 2.05) is 18.2 Å². The zero-order valence-electron chi connectivity index (χ0n) is 8.34. The number of hydrogen-bond acceptors (Lipinski definition) is 3. The van der Waals surface area contributed by atoms with Crippen LogP contribution < -0.4 is 10.5 Å². The summed E-state index contributed by atoms with van der Waals surface area (Å²) in [6.07, 6.45) is 0.277. The Labute approximate surface area is 94.5 Å². The first-order chi connectivity index (χ1) is 6.65. The molecule has 0 aromatic heterocycles. The highest BCUT2D eigenvalue weighted by atomic mass is 35.5. The maximum absolute atomic E-state index is 10.5. The van der Waals surface area contributed by atoms with Gasteiger partial charge in [-0.05, 0) is 11.6 Å². The van der Waals surface area contributed by atoms with Gasteiger partial charge in [0.25, 0.3) is 0 Å². The number of carboxylic acid groups (broad SMARTS) is 1. The van der Waals surface area contributed by atoms with Crippen LogP contribution in [-0.2, 0) is 11.2 Å². The van der Waals surface area contributed by atoms with Crippen LogP contribution in [0, 0.1) is 0 Å². The summed E-state index contributed by atoms with van der Waals surface area (Å²) in [6.45, 7) is 0. The molecule has 1 unspecified atom stereocenters. The van der Waals surface area contributed by atoms with E-state index in [4.69, 9.17) is 15.6 Å². The van der Waals surface area contributed by atoms with E-state index in [0.29, 0.717) is 5.75 Å². The van der Waals surface area contributed by atoms with Crippen LogP contribution in [0.25, 0.3) is 0 Å². The van der Waals surface area contributed by atoms with E-state index >= 15 is 0 Å². The van der Waals surface area contributed by atoms with Gasteiger partial charge in [0.1, 0.15) is 11.8 Å². The van der Waals surface area contributed by atoms with Gasteiger partial charge in [-0.1, -0.05) is 18.2 Å². The summed E-state index contributed by atoms with van der Waals surface area (Å²) in [5.74, 6) is -0.333. The van der Waals surface area contributed by atoms with E-state index in [2.05, 4.69) is 0 Å². The Morgan fingerprint density at radius 2 is 2.13 bits per heavy atom. The third kappa shape index (κ3) is 3.77. The largest absolute Gasteiger partial charge is 0.496 e. The highest BCUT2D eigenvalue weighted by Gasteiger charge is 2.14. The summed E-state index contributed by atoms with van der Waals surface area (Å²) in [4.78, 5) is 10.5. The third-order valence-corrected chi connectivity index (χ3v) is 1.95. The molecule has 84 valence electrons. The molecule has 1 aromatic carbocycles. The Bertz CT molecular complexity index is 330. The molecule has 0 aliphatic rings. The van der Waals surface area contributed by atoms with Crippen molar-refractivity contribution in [1.82, 2.24) is 0 Å². The Kier molecular flexibility index (Phi) is 5.74. The van der Waals surface area contributed by atoms with E-state index in [9.17, 15) is 4.79 Å². The number of nitrogens with two attached hydrogens (primary N) is 1. The number of benzene rings is 1. The van der Waals surface area contributed by atoms with Gasteiger partial charge in [0.15, 0.2) is 0 Å². The predicted molar refractivity (Wildman–Crippen MR) is 59.6 cm³/mol. The molecule has 1 atom stereocenters. The zero-order valence-corrected chi connectivity index (χ0v) is 9.16. The average molecular weight is 232 g/mol. The summed E-state index contributed by atoms with van der Waals surface area (Å²) in [5.41, 5.74) is 6.23. The first kappa shape index (κ1) is 13.7. The van der Waals surface area contributed by atoms with E-state index in [1.165, 1.54) is 0 Å². The topological polar surface area (TPSA) is 72.5 Å². The maximum Gasteiger partial charge on any atom is 0.320 e. The van der Waals surface area contributed by atoms with Gasteiger partial charge < -0.3 is 15.6 Å². The minimum absolute atomic E-state index is 0. The lowest BCUT2D eigenvalue weighted by Gasteiger charge is -2.10. The molecule has 0 bridgehead atoms. The van der Waals surface area contributed by atoms with E-state index in [-0.39, 0.29) is 18.8 Å². The van der Waals surface area contributed by atoms with Gasteiger partial charge in [-0.25, -0.2) is 0 Å². The molecule has 1 aromatic rings. The first-order valence-electron chi connectivity index (χ1n) is 4.25. The summed E-state index contributed by atoms with van der Waals surface area (Å²) >= 11 is 0. The van der Waals surface area contributed by atoms with E-state index < -0.39 is 12.0 Å². The Balaban J connectivity index is 0.00000196. The second-order valence-electron chi connectivity index (χ2n) is 2.96. The van der Waals surface area contributed by atoms with Gasteiger partial charge >= 0.3 is 5.97 Å². The van der Waals surface area contributed by atoms with Crippen molar-refractivity contribution in [2.75, 3.05) is 7.11 Å². The molecule has 0 aliphatic heterocycles. The molecule has 1 rings (SSSR count). The second kappa shape index (κ2) is 6.27. The fraction of sp³-hybridized carbons (Fsp3) is 0.300. The van der Waals surface area contributed by atoms with Crippen LogP contribution in [-0.4, -0.2) is 24.2 Å². The van der Waals surface area contributed by atoms with Gasteiger partial charge in [-0.3, -0.25) is 4.79 Å². The lowest BCUT2D eigenvalue weighted by molar-refractivity contribution is -0.138. The first-order valence-corrected chi connectivity index (χ1v) is 4.25. The molecule has 5 heteroatoms. The number of rotatable bonds is 4. The van der Waals surface area contributed by atoms with Crippen LogP contribution in [0.5, 0.6) is 5.75 Å². The number of ether oxygens (including phenoxy) is 1. The molecule has 0 saturated carbocycles. The highest BCUT2D eigenvalue weighted by molar-refractivity contribution is 5.85. The third-order valence-electron chi connectivity index (χ3n) is 1.95. The number of hydrogen-bond donors (Lipinski definition) is 2. The number of methoxy groups -OCH3 is 1. The maximum atomic E-state index is 10.5. The smallest absolute Gasteiger partial charge is 0.320 e. The molecule has 0 saturated heterocycles. The molecule has 0 radical (unpaired) electrons. The van der Waals surface area contributed by atoms with Crippen LogP contribution in [0.3, 0.4) is 0 Å². The number of halogens is 1. The minimum atomic E-state index is -1.00. The van der Waals surface area contributed by atoms with Crippen LogP contribution >= 0.6 is 12.4 Å². The number of para-hydroxylation sites is 1. The lowest BCUT2D eigenvalue weighted by Crippen LogP contribution is -2.32. The molecular formula is C10H14ClNO3. The van der Waals surface area contributed by atoms with E-state index in [0.717, 1.165) is 5.56 Å². The Hall–Kier alpha value is -1.26. The average Bonchev–Trinajstić information content (AvgIpc) is 2.18. The number of carboxylic acids is 1. The van der Waals surface area contributed by atoms with Gasteiger partial charge in [0.2, 0.25) is 0 Å². The molecule has 4 nitrogen and oxygen atoms in total. The SMILES string of the molecule is COc1ccccc1CC(N)C(=O)O.Cl. The van der Waals surface area contributed by atoms with Gasteiger partial charge in [-0.2, -0.15) is 0 Å². The van der Waals surface area contributed by atoms with Crippen molar-refractivity contribution >= 4 is 18.4 Å². The summed E-state index contributed by atoms with van der Waals surface area (Å²) < 4.78 is 5.08. The molecule has 0 heterocycles. The fourth-order valence-electron chi connectivity index (χ4n) is 1.20. The highest BCUT2D eigenvalue weighted by Crippen LogP contribution is 2.18. The summed E-state index contributed by atoms with van der Waals surface area (Å²) in [6, 6.07) is 6.36. The van der Waals surface area contributed by atoms with Gasteiger partial charge in [0.05, 0.1) is 7.11 Å². The van der Waals surface area contributed by atoms with Crippen molar-refractivity contribution in [1.29, 1.82) is 0 Å². The standard InChI is InChI=1S/C10H13NO3.ClH/c1-14-9-5-3-2-4-7(9)6-8(11)10(12)13;/h2-5,8H,6,11H2,1H3,(H,12,13);1H. The fourth-order valence-corrected chi connectivity index (χ4v) is 1.20. The van der Waals surface area contributed by atoms with Crippen molar-refractivity contribution < 1.29 is 14.6 Å². The van der Waals surface area contributed by atoms with Crippen molar-refractivity contribution in [3.8, 4) is 5.75 Å². The second-order valence-corrected chi connectivity index (χ2v) is 2.96. The number of carbonyl (C=O) groups is 1. The van der Waals surface area contributed by atoms with Crippen molar-refractivity contribution in [3.05, 3.63) is 29.8 Å². The van der Waals surface area contributed by atoms with Gasteiger partial charge in [-0.15, -0.1) is 12.4 Å². The summed E-state index contributed by atoms with van der Waals surface area (Å²) in [7, 11) is 1.55. The summed E-state index contributed by atoms with van der Waals surface area (Å²) in [5, 5.41) is 8.64. The monoisotopic (exact) mass is 231 g/mol. The zero-order chi connectivity index (χ0) is 10.6.